The molecule has 0 fully saturated rings. The van der Waals surface area contributed by atoms with Gasteiger partial charge in [-0.2, -0.15) is 5.26 Å². The van der Waals surface area contributed by atoms with Gasteiger partial charge in [0.1, 0.15) is 5.75 Å². The van der Waals surface area contributed by atoms with Gasteiger partial charge in [-0.25, -0.2) is 4.79 Å². The molecule has 140 valence electrons. The van der Waals surface area contributed by atoms with Crippen molar-refractivity contribution in [3.63, 3.8) is 0 Å². The molecule has 3 N–H and O–H groups in total. The van der Waals surface area contributed by atoms with E-state index in [9.17, 15) is 10.1 Å². The summed E-state index contributed by atoms with van der Waals surface area (Å²) in [4.78, 5) is 13.8. The normalized spacial score (nSPS) is 15.3. The highest BCUT2D eigenvalue weighted by Gasteiger charge is 2.29. The number of nitrogens with one attached hydrogen (secondary N) is 1. The number of nitrogen functional groups attached to an aromatic ring is 1. The zero-order valence-electron chi connectivity index (χ0n) is 15.7. The largest absolute Gasteiger partial charge is 0.494 e. The molecule has 6 nitrogen and oxygen atoms in total. The smallest absolute Gasteiger partial charge is 0.322 e. The first kappa shape index (κ1) is 18.6. The van der Waals surface area contributed by atoms with Crippen molar-refractivity contribution >= 4 is 17.4 Å². The molecular formula is C21H24N4O2. The monoisotopic (exact) mass is 364 g/mol. The number of carbonyl (C=O) groups is 1. The fourth-order valence-electron chi connectivity index (χ4n) is 3.10. The number of ether oxygens (including phenoxy) is 1. The Kier molecular flexibility index (Phi) is 5.22. The molecule has 2 aromatic rings. The number of carbonyl (C=O) groups excluding carboxylic acids is 1. The molecule has 1 atom stereocenters. The van der Waals surface area contributed by atoms with E-state index in [1.165, 1.54) is 0 Å². The number of urea groups is 1. The van der Waals surface area contributed by atoms with Crippen molar-refractivity contribution in [1.82, 2.24) is 4.90 Å². The van der Waals surface area contributed by atoms with Gasteiger partial charge in [-0.1, -0.05) is 12.1 Å². The summed E-state index contributed by atoms with van der Waals surface area (Å²) < 4.78 is 5.76. The van der Waals surface area contributed by atoms with Gasteiger partial charge in [0, 0.05) is 30.9 Å². The van der Waals surface area contributed by atoms with Gasteiger partial charge >= 0.3 is 6.03 Å². The molecule has 0 radical (unpaired) electrons. The lowest BCUT2D eigenvalue weighted by atomic mass is 9.80. The summed E-state index contributed by atoms with van der Waals surface area (Å²) in [5, 5.41) is 12.7. The maximum Gasteiger partial charge on any atom is 0.322 e. The van der Waals surface area contributed by atoms with Crippen LogP contribution in [0, 0.1) is 11.3 Å². The molecule has 2 aromatic carbocycles. The van der Waals surface area contributed by atoms with Crippen molar-refractivity contribution in [2.45, 2.75) is 32.2 Å². The Hall–Kier alpha value is -3.20. The van der Waals surface area contributed by atoms with Crippen LogP contribution in [-0.2, 0) is 12.0 Å². The first-order valence-electron chi connectivity index (χ1n) is 9.04. The Bertz CT molecular complexity index is 873. The summed E-state index contributed by atoms with van der Waals surface area (Å²) in [7, 11) is 0. The zero-order chi connectivity index (χ0) is 19.4. The molecule has 2 amide bonds. The van der Waals surface area contributed by atoms with Crippen LogP contribution < -0.4 is 15.8 Å². The van der Waals surface area contributed by atoms with Crippen LogP contribution in [0.25, 0.3) is 0 Å². The van der Waals surface area contributed by atoms with Crippen molar-refractivity contribution in [3.05, 3.63) is 53.6 Å². The summed E-state index contributed by atoms with van der Waals surface area (Å²) in [5.41, 5.74) is 8.35. The van der Waals surface area contributed by atoms with Crippen molar-refractivity contribution < 1.29 is 9.53 Å². The van der Waals surface area contributed by atoms with E-state index in [4.69, 9.17) is 10.5 Å². The third-order valence-electron chi connectivity index (χ3n) is 5.02. The number of rotatable bonds is 6. The molecular weight excluding hydrogens is 340 g/mol. The van der Waals surface area contributed by atoms with Gasteiger partial charge in [0.25, 0.3) is 0 Å². The van der Waals surface area contributed by atoms with Crippen LogP contribution in [0.5, 0.6) is 5.75 Å². The molecule has 0 aromatic heterocycles. The number of hydrogen-bond donors (Lipinski definition) is 2. The Balaban J connectivity index is 1.72. The molecule has 0 spiro atoms. The van der Waals surface area contributed by atoms with Crippen LogP contribution in [0.2, 0.25) is 0 Å². The van der Waals surface area contributed by atoms with E-state index in [1.807, 2.05) is 44.2 Å². The fraction of sp³-hybridized carbons (Fsp3) is 0.333. The highest BCUT2D eigenvalue weighted by Crippen LogP contribution is 2.33. The molecule has 27 heavy (non-hydrogen) atoms. The zero-order valence-corrected chi connectivity index (χ0v) is 15.7. The van der Waals surface area contributed by atoms with Gasteiger partial charge < -0.3 is 20.7 Å². The van der Waals surface area contributed by atoms with Gasteiger partial charge in [-0.3, -0.25) is 0 Å². The molecule has 6 heteroatoms. The number of nitrogens with zero attached hydrogens (tertiary/aromatic N) is 2. The predicted molar refractivity (Wildman–Crippen MR) is 105 cm³/mol. The lowest BCUT2D eigenvalue weighted by molar-refractivity contribution is 0.209. The molecule has 0 saturated carbocycles. The van der Waals surface area contributed by atoms with E-state index in [1.54, 1.807) is 17.0 Å². The van der Waals surface area contributed by atoms with Gasteiger partial charge in [-0.15, -0.1) is 0 Å². The molecule has 3 rings (SSSR count). The van der Waals surface area contributed by atoms with E-state index in [0.29, 0.717) is 31.8 Å². The van der Waals surface area contributed by atoms with Gasteiger partial charge in [0.2, 0.25) is 0 Å². The standard InChI is InChI=1S/C21H24N4O2/c1-3-25-13-15-4-5-16(12-19(15)24-20(25)26)21(2,14-22)10-11-27-18-8-6-17(23)7-9-18/h4-9,12H,3,10-11,13,23H2,1-2H3,(H,24,26). The number of hydrogen-bond acceptors (Lipinski definition) is 4. The van der Waals surface area contributed by atoms with E-state index in [2.05, 4.69) is 11.4 Å². The first-order valence-corrected chi connectivity index (χ1v) is 9.04. The minimum Gasteiger partial charge on any atom is -0.494 e. The number of nitriles is 1. The molecule has 1 unspecified atom stereocenters. The summed E-state index contributed by atoms with van der Waals surface area (Å²) >= 11 is 0. The summed E-state index contributed by atoms with van der Waals surface area (Å²) in [5.74, 6) is 0.724. The second-order valence-electron chi connectivity index (χ2n) is 6.93. The molecule has 1 aliphatic rings. The Morgan fingerprint density at radius 2 is 2.04 bits per heavy atom. The van der Waals surface area contributed by atoms with Gasteiger partial charge in [0.05, 0.1) is 18.1 Å². The molecule has 1 aliphatic heterocycles. The number of nitrogens with two attached hydrogens (primary N) is 1. The van der Waals surface area contributed by atoms with Crippen LogP contribution in [0.4, 0.5) is 16.2 Å². The second-order valence-corrected chi connectivity index (χ2v) is 6.93. The quantitative estimate of drug-likeness (QED) is 0.761. The number of amides is 2. The predicted octanol–water partition coefficient (Wildman–Crippen LogP) is 3.89. The number of anilines is 2. The van der Waals surface area contributed by atoms with Crippen LogP contribution in [0.15, 0.2) is 42.5 Å². The van der Waals surface area contributed by atoms with Crippen molar-refractivity contribution in [1.29, 1.82) is 5.26 Å². The van der Waals surface area contributed by atoms with Crippen molar-refractivity contribution in [2.75, 3.05) is 24.2 Å². The maximum absolute atomic E-state index is 12.1. The topological polar surface area (TPSA) is 91.4 Å². The SMILES string of the molecule is CCN1Cc2ccc(C(C)(C#N)CCOc3ccc(N)cc3)cc2NC1=O. The van der Waals surface area contributed by atoms with Crippen LogP contribution >= 0.6 is 0 Å². The Morgan fingerprint density at radius 3 is 2.70 bits per heavy atom. The summed E-state index contributed by atoms with van der Waals surface area (Å²) in [6.45, 7) is 5.49. The van der Waals surface area contributed by atoms with Crippen LogP contribution in [0.1, 0.15) is 31.4 Å². The fourth-order valence-corrected chi connectivity index (χ4v) is 3.10. The lowest BCUT2D eigenvalue weighted by Gasteiger charge is -2.30. The minimum atomic E-state index is -0.713. The van der Waals surface area contributed by atoms with E-state index in [0.717, 1.165) is 22.6 Å². The molecule has 1 heterocycles. The van der Waals surface area contributed by atoms with E-state index in [-0.39, 0.29) is 6.03 Å². The Labute approximate surface area is 159 Å². The maximum atomic E-state index is 12.1. The average molecular weight is 364 g/mol. The highest BCUT2D eigenvalue weighted by atomic mass is 16.5. The van der Waals surface area contributed by atoms with Crippen LogP contribution in [0.3, 0.4) is 0 Å². The summed E-state index contributed by atoms with van der Waals surface area (Å²) in [6, 6.07) is 15.4. The minimum absolute atomic E-state index is 0.104. The number of fused-ring (bicyclic) bond motifs is 1. The summed E-state index contributed by atoms with van der Waals surface area (Å²) in [6.07, 6.45) is 0.529. The highest BCUT2D eigenvalue weighted by molar-refractivity contribution is 5.92. The van der Waals surface area contributed by atoms with E-state index < -0.39 is 5.41 Å². The van der Waals surface area contributed by atoms with Crippen molar-refractivity contribution in [3.8, 4) is 11.8 Å². The second kappa shape index (κ2) is 7.58. The van der Waals surface area contributed by atoms with Crippen LogP contribution in [-0.4, -0.2) is 24.1 Å². The lowest BCUT2D eigenvalue weighted by Crippen LogP contribution is -2.38. The third kappa shape index (κ3) is 3.98. The molecule has 0 aliphatic carbocycles. The molecule has 0 bridgehead atoms. The average Bonchev–Trinajstić information content (AvgIpc) is 2.68. The molecule has 0 saturated heterocycles. The first-order chi connectivity index (χ1) is 12.9. The van der Waals surface area contributed by atoms with Crippen molar-refractivity contribution in [2.24, 2.45) is 0 Å². The number of benzene rings is 2. The van der Waals surface area contributed by atoms with Gasteiger partial charge in [0.15, 0.2) is 0 Å². The van der Waals surface area contributed by atoms with E-state index >= 15 is 0 Å². The third-order valence-corrected chi connectivity index (χ3v) is 5.02. The van der Waals surface area contributed by atoms with Gasteiger partial charge in [-0.05, 0) is 55.3 Å². The Morgan fingerprint density at radius 1 is 1.30 bits per heavy atom.